The first-order valence-electron chi connectivity index (χ1n) is 8.82. The standard InChI is InChI=1S/C20H33NO/c1-4-5-6-7-8-9-10-11-12-13-14-15-16-17-19-21-20(2,3)18-22-19/h5-8,11-12H,4,9-10,13-18H2,1-3H3/b6-5-,8-7+,12-11-. The van der Waals surface area contributed by atoms with Crippen molar-refractivity contribution >= 4 is 5.90 Å². The molecular formula is C20H33NO. The lowest BCUT2D eigenvalue weighted by Crippen LogP contribution is -2.17. The van der Waals surface area contributed by atoms with Gasteiger partial charge in [-0.3, -0.25) is 0 Å². The van der Waals surface area contributed by atoms with Gasteiger partial charge in [0.05, 0.1) is 5.54 Å². The highest BCUT2D eigenvalue weighted by molar-refractivity contribution is 5.78. The number of allylic oxidation sites excluding steroid dienone is 6. The lowest BCUT2D eigenvalue weighted by atomic mass is 10.1. The minimum atomic E-state index is -0.00114. The molecule has 0 atom stereocenters. The Morgan fingerprint density at radius 2 is 1.68 bits per heavy atom. The first kappa shape index (κ1) is 18.7. The molecule has 1 heterocycles. The molecule has 0 spiro atoms. The summed E-state index contributed by atoms with van der Waals surface area (Å²) >= 11 is 0. The van der Waals surface area contributed by atoms with Crippen LogP contribution in [0.5, 0.6) is 0 Å². The van der Waals surface area contributed by atoms with Gasteiger partial charge in [-0.25, -0.2) is 4.99 Å². The third-order valence-electron chi connectivity index (χ3n) is 3.57. The topological polar surface area (TPSA) is 21.6 Å². The molecule has 2 nitrogen and oxygen atoms in total. The summed E-state index contributed by atoms with van der Waals surface area (Å²) in [6, 6.07) is 0. The lowest BCUT2D eigenvalue weighted by Gasteiger charge is -2.07. The van der Waals surface area contributed by atoms with Crippen LogP contribution in [0.1, 0.15) is 72.1 Å². The maximum Gasteiger partial charge on any atom is 0.183 e. The van der Waals surface area contributed by atoms with Crippen molar-refractivity contribution in [2.75, 3.05) is 6.61 Å². The van der Waals surface area contributed by atoms with E-state index in [9.17, 15) is 0 Å². The average molecular weight is 303 g/mol. The van der Waals surface area contributed by atoms with Crippen molar-refractivity contribution in [1.29, 1.82) is 0 Å². The summed E-state index contributed by atoms with van der Waals surface area (Å²) in [5.41, 5.74) is -0.00114. The molecule has 0 amide bonds. The molecule has 1 aliphatic rings. The second-order valence-electron chi connectivity index (χ2n) is 6.52. The van der Waals surface area contributed by atoms with Gasteiger partial charge < -0.3 is 4.74 Å². The Balaban J connectivity index is 1.92. The van der Waals surface area contributed by atoms with Gasteiger partial charge in [-0.15, -0.1) is 0 Å². The van der Waals surface area contributed by atoms with Crippen molar-refractivity contribution in [1.82, 2.24) is 0 Å². The molecule has 124 valence electrons. The van der Waals surface area contributed by atoms with E-state index in [0.717, 1.165) is 38.2 Å². The Morgan fingerprint density at radius 3 is 2.41 bits per heavy atom. The molecule has 2 heteroatoms. The molecule has 0 unspecified atom stereocenters. The van der Waals surface area contributed by atoms with Crippen molar-refractivity contribution in [3.8, 4) is 0 Å². The molecular weight excluding hydrogens is 270 g/mol. The van der Waals surface area contributed by atoms with E-state index in [1.807, 2.05) is 0 Å². The number of ether oxygens (including phenoxy) is 1. The number of unbranched alkanes of at least 4 members (excludes halogenated alkanes) is 4. The SMILES string of the molecule is CC/C=C\C=C\CC/C=C\CCCCCC1=NC(C)(C)CO1. The molecule has 22 heavy (non-hydrogen) atoms. The van der Waals surface area contributed by atoms with Crippen molar-refractivity contribution in [2.45, 2.75) is 77.7 Å². The van der Waals surface area contributed by atoms with Gasteiger partial charge in [-0.1, -0.05) is 49.8 Å². The van der Waals surface area contributed by atoms with Gasteiger partial charge >= 0.3 is 0 Å². The zero-order chi connectivity index (χ0) is 16.1. The van der Waals surface area contributed by atoms with Gasteiger partial charge in [-0.05, 0) is 52.4 Å². The van der Waals surface area contributed by atoms with E-state index in [-0.39, 0.29) is 5.54 Å². The maximum atomic E-state index is 5.60. The first-order valence-corrected chi connectivity index (χ1v) is 8.82. The molecule has 0 aromatic heterocycles. The van der Waals surface area contributed by atoms with E-state index in [1.54, 1.807) is 0 Å². The van der Waals surface area contributed by atoms with E-state index in [1.165, 1.54) is 25.7 Å². The van der Waals surface area contributed by atoms with Crippen LogP contribution in [-0.2, 0) is 4.74 Å². The van der Waals surface area contributed by atoms with Crippen LogP contribution >= 0.6 is 0 Å². The monoisotopic (exact) mass is 303 g/mol. The number of nitrogens with zero attached hydrogens (tertiary/aromatic N) is 1. The predicted molar refractivity (Wildman–Crippen MR) is 97.5 cm³/mol. The average Bonchev–Trinajstić information content (AvgIpc) is 2.83. The van der Waals surface area contributed by atoms with Crippen LogP contribution in [0.2, 0.25) is 0 Å². The summed E-state index contributed by atoms with van der Waals surface area (Å²) in [5, 5.41) is 0. The Kier molecular flexibility index (Phi) is 9.61. The number of hydrogen-bond donors (Lipinski definition) is 0. The Labute approximate surface area is 137 Å². The molecule has 0 aromatic rings. The Morgan fingerprint density at radius 1 is 0.955 bits per heavy atom. The summed E-state index contributed by atoms with van der Waals surface area (Å²) in [6.07, 6.45) is 22.6. The molecule has 0 aliphatic carbocycles. The first-order chi connectivity index (χ1) is 10.6. The normalized spacial score (nSPS) is 17.7. The van der Waals surface area contributed by atoms with Crippen LogP contribution in [0.4, 0.5) is 0 Å². The minimum Gasteiger partial charge on any atom is -0.478 e. The van der Waals surface area contributed by atoms with Gasteiger partial charge in [0.1, 0.15) is 6.61 Å². The molecule has 0 fully saturated rings. The van der Waals surface area contributed by atoms with E-state index in [2.05, 4.69) is 62.2 Å². The molecule has 0 saturated heterocycles. The molecule has 0 bridgehead atoms. The van der Waals surface area contributed by atoms with Gasteiger partial charge in [0.25, 0.3) is 0 Å². The molecule has 0 aromatic carbocycles. The van der Waals surface area contributed by atoms with Crippen LogP contribution in [-0.4, -0.2) is 18.0 Å². The van der Waals surface area contributed by atoms with E-state index >= 15 is 0 Å². The zero-order valence-corrected chi connectivity index (χ0v) is 14.7. The zero-order valence-electron chi connectivity index (χ0n) is 14.7. The number of hydrogen-bond acceptors (Lipinski definition) is 2. The van der Waals surface area contributed by atoms with Crippen LogP contribution < -0.4 is 0 Å². The fraction of sp³-hybridized carbons (Fsp3) is 0.650. The van der Waals surface area contributed by atoms with Crippen LogP contribution in [0.25, 0.3) is 0 Å². The van der Waals surface area contributed by atoms with Crippen LogP contribution in [0.15, 0.2) is 41.4 Å². The molecule has 0 saturated carbocycles. The molecule has 0 N–H and O–H groups in total. The largest absolute Gasteiger partial charge is 0.478 e. The summed E-state index contributed by atoms with van der Waals surface area (Å²) < 4.78 is 5.60. The molecule has 0 radical (unpaired) electrons. The summed E-state index contributed by atoms with van der Waals surface area (Å²) in [5.74, 6) is 0.962. The van der Waals surface area contributed by atoms with E-state index in [0.29, 0.717) is 0 Å². The lowest BCUT2D eigenvalue weighted by molar-refractivity contribution is 0.273. The third-order valence-corrected chi connectivity index (χ3v) is 3.57. The fourth-order valence-corrected chi connectivity index (χ4v) is 2.32. The van der Waals surface area contributed by atoms with Gasteiger partial charge in [0.15, 0.2) is 5.90 Å². The minimum absolute atomic E-state index is 0.00114. The molecule has 1 aliphatic heterocycles. The number of aliphatic imine (C=N–C) groups is 1. The van der Waals surface area contributed by atoms with E-state index < -0.39 is 0 Å². The highest BCUT2D eigenvalue weighted by Crippen LogP contribution is 2.19. The van der Waals surface area contributed by atoms with Crippen LogP contribution in [0, 0.1) is 0 Å². The van der Waals surface area contributed by atoms with Crippen molar-refractivity contribution < 1.29 is 4.74 Å². The van der Waals surface area contributed by atoms with E-state index in [4.69, 9.17) is 4.74 Å². The van der Waals surface area contributed by atoms with Gasteiger partial charge in [0.2, 0.25) is 0 Å². The summed E-state index contributed by atoms with van der Waals surface area (Å²) in [6.45, 7) is 7.15. The van der Waals surface area contributed by atoms with Crippen molar-refractivity contribution in [2.24, 2.45) is 4.99 Å². The smallest absolute Gasteiger partial charge is 0.183 e. The Bertz CT molecular complexity index is 402. The van der Waals surface area contributed by atoms with Gasteiger partial charge in [-0.2, -0.15) is 0 Å². The van der Waals surface area contributed by atoms with Crippen molar-refractivity contribution in [3.63, 3.8) is 0 Å². The molecule has 1 rings (SSSR count). The van der Waals surface area contributed by atoms with Crippen molar-refractivity contribution in [3.05, 3.63) is 36.5 Å². The van der Waals surface area contributed by atoms with Gasteiger partial charge in [0, 0.05) is 6.42 Å². The Hall–Kier alpha value is -1.31. The van der Waals surface area contributed by atoms with Crippen LogP contribution in [0.3, 0.4) is 0 Å². The number of rotatable bonds is 11. The summed E-state index contributed by atoms with van der Waals surface area (Å²) in [4.78, 5) is 4.58. The highest BCUT2D eigenvalue weighted by atomic mass is 16.5. The second-order valence-corrected chi connectivity index (χ2v) is 6.52. The predicted octanol–water partition coefficient (Wildman–Crippen LogP) is 6.00. The maximum absolute atomic E-state index is 5.60. The second kappa shape index (κ2) is 11.3. The summed E-state index contributed by atoms with van der Waals surface area (Å²) in [7, 11) is 0. The quantitative estimate of drug-likeness (QED) is 0.260. The fourth-order valence-electron chi connectivity index (χ4n) is 2.32. The third kappa shape index (κ3) is 9.59. The highest BCUT2D eigenvalue weighted by Gasteiger charge is 2.25.